The van der Waals surface area contributed by atoms with E-state index in [0.29, 0.717) is 17.2 Å². The third-order valence-electron chi connectivity index (χ3n) is 4.53. The lowest BCUT2D eigenvalue weighted by Gasteiger charge is -2.35. The number of nitrogens with one attached hydrogen (secondary N) is 1. The largest absolute Gasteiger partial charge is 0.755 e. The predicted molar refractivity (Wildman–Crippen MR) is 90.3 cm³/mol. The Morgan fingerprint density at radius 2 is 1.96 bits per heavy atom. The minimum absolute atomic E-state index is 0.00588. The van der Waals surface area contributed by atoms with Crippen molar-refractivity contribution in [3.05, 3.63) is 29.8 Å². The molecule has 2 heterocycles. The molecule has 8 heteroatoms. The summed E-state index contributed by atoms with van der Waals surface area (Å²) in [5.41, 5.74) is 1.03. The summed E-state index contributed by atoms with van der Waals surface area (Å²) in [6.07, 6.45) is 1.13. The Morgan fingerprint density at radius 3 is 2.54 bits per heavy atom. The van der Waals surface area contributed by atoms with Gasteiger partial charge < -0.3 is 18.9 Å². The Balaban J connectivity index is 1.50. The highest BCUT2D eigenvalue weighted by atomic mass is 32.2. The maximum absolute atomic E-state index is 12.5. The third kappa shape index (κ3) is 4.54. The molecule has 132 valence electrons. The highest BCUT2D eigenvalue weighted by molar-refractivity contribution is 7.80. The summed E-state index contributed by atoms with van der Waals surface area (Å²) in [4.78, 5) is 16.8. The van der Waals surface area contributed by atoms with Crippen LogP contribution in [0.1, 0.15) is 16.8 Å². The fraction of sp³-hybridized carbons (Fsp3) is 0.562. The van der Waals surface area contributed by atoms with Crippen LogP contribution in [0.2, 0.25) is 0 Å². The number of piperazine rings is 1. The second-order valence-electron chi connectivity index (χ2n) is 6.24. The Morgan fingerprint density at radius 1 is 1.25 bits per heavy atom. The SMILES string of the molecule is O=C(c1ccc(NS(=O)[O-])cc1)N1CCN(C[C@@H]2CCOC2)CC1. The van der Waals surface area contributed by atoms with Crippen molar-refractivity contribution in [2.75, 3.05) is 50.7 Å². The van der Waals surface area contributed by atoms with E-state index in [1.54, 1.807) is 24.3 Å². The molecule has 2 saturated heterocycles. The molecule has 1 amide bonds. The molecule has 2 fully saturated rings. The van der Waals surface area contributed by atoms with Crippen LogP contribution in [0.25, 0.3) is 0 Å². The fourth-order valence-corrected chi connectivity index (χ4v) is 3.51. The molecule has 2 atom stereocenters. The number of carbonyl (C=O) groups excluding carboxylic acids is 1. The van der Waals surface area contributed by atoms with Crippen LogP contribution in [0.5, 0.6) is 0 Å². The molecule has 2 aliphatic rings. The van der Waals surface area contributed by atoms with Crippen LogP contribution >= 0.6 is 0 Å². The van der Waals surface area contributed by atoms with Crippen LogP contribution in [0, 0.1) is 5.92 Å². The molecule has 0 spiro atoms. The number of hydrogen-bond donors (Lipinski definition) is 1. The number of benzene rings is 1. The summed E-state index contributed by atoms with van der Waals surface area (Å²) in [5.74, 6) is 0.618. The molecule has 1 N–H and O–H groups in total. The predicted octanol–water partition coefficient (Wildman–Crippen LogP) is 0.687. The quantitative estimate of drug-likeness (QED) is 0.788. The minimum atomic E-state index is -2.35. The van der Waals surface area contributed by atoms with Gasteiger partial charge in [0.15, 0.2) is 0 Å². The van der Waals surface area contributed by atoms with Crippen molar-refractivity contribution in [3.63, 3.8) is 0 Å². The van der Waals surface area contributed by atoms with Gasteiger partial charge in [-0.15, -0.1) is 0 Å². The Hall–Kier alpha value is -1.48. The first-order valence-corrected chi connectivity index (χ1v) is 9.24. The molecule has 0 radical (unpaired) electrons. The van der Waals surface area contributed by atoms with Gasteiger partial charge in [0.1, 0.15) is 0 Å². The second kappa shape index (κ2) is 8.06. The first-order valence-electron chi connectivity index (χ1n) is 8.17. The van der Waals surface area contributed by atoms with E-state index in [-0.39, 0.29) is 5.91 Å². The van der Waals surface area contributed by atoms with E-state index in [4.69, 9.17) is 4.74 Å². The molecule has 1 aromatic rings. The van der Waals surface area contributed by atoms with E-state index in [2.05, 4.69) is 9.62 Å². The van der Waals surface area contributed by atoms with Crippen molar-refractivity contribution in [2.45, 2.75) is 6.42 Å². The molecule has 0 bridgehead atoms. The number of nitrogens with zero attached hydrogens (tertiary/aromatic N) is 2. The molecular formula is C16H22N3O4S-. The van der Waals surface area contributed by atoms with Crippen molar-refractivity contribution in [2.24, 2.45) is 5.92 Å². The van der Waals surface area contributed by atoms with Crippen LogP contribution in [0.3, 0.4) is 0 Å². The monoisotopic (exact) mass is 352 g/mol. The zero-order valence-corrected chi connectivity index (χ0v) is 14.3. The van der Waals surface area contributed by atoms with Gasteiger partial charge >= 0.3 is 0 Å². The van der Waals surface area contributed by atoms with Crippen molar-refractivity contribution in [1.82, 2.24) is 9.80 Å². The van der Waals surface area contributed by atoms with Crippen LogP contribution < -0.4 is 4.72 Å². The molecule has 0 aromatic heterocycles. The number of anilines is 1. The standard InChI is InChI=1S/C16H23N3O4S/c20-16(14-1-3-15(4-2-14)17-24(21)22)19-8-6-18(7-9-19)11-13-5-10-23-12-13/h1-4,13,17H,5-12H2,(H,21,22)/p-1/t13-/m0/s1. The average molecular weight is 352 g/mol. The number of ether oxygens (including phenoxy) is 1. The van der Waals surface area contributed by atoms with Crippen molar-refractivity contribution < 1.29 is 18.3 Å². The normalized spacial score (nSPS) is 23.2. The maximum Gasteiger partial charge on any atom is 0.253 e. The van der Waals surface area contributed by atoms with Crippen molar-refractivity contribution in [3.8, 4) is 0 Å². The number of rotatable bonds is 5. The second-order valence-corrected chi connectivity index (χ2v) is 6.91. The zero-order valence-electron chi connectivity index (χ0n) is 13.5. The zero-order chi connectivity index (χ0) is 16.9. The maximum atomic E-state index is 12.5. The highest BCUT2D eigenvalue weighted by Gasteiger charge is 2.25. The van der Waals surface area contributed by atoms with Crippen LogP contribution in [0.4, 0.5) is 5.69 Å². The van der Waals surface area contributed by atoms with Gasteiger partial charge in [-0.25, -0.2) is 0 Å². The molecule has 1 unspecified atom stereocenters. The molecular weight excluding hydrogens is 330 g/mol. The molecule has 2 aliphatic heterocycles. The van der Waals surface area contributed by atoms with Crippen LogP contribution in [-0.2, 0) is 16.0 Å². The molecule has 1 aromatic carbocycles. The summed E-state index contributed by atoms with van der Waals surface area (Å²) >= 11 is -2.35. The van der Waals surface area contributed by atoms with Crippen LogP contribution in [0.15, 0.2) is 24.3 Å². The highest BCUT2D eigenvalue weighted by Crippen LogP contribution is 2.17. The first-order chi connectivity index (χ1) is 11.6. The molecule has 3 rings (SSSR count). The van der Waals surface area contributed by atoms with Gasteiger partial charge in [-0.05, 0) is 36.6 Å². The Bertz CT molecular complexity index is 581. The lowest BCUT2D eigenvalue weighted by Crippen LogP contribution is -2.49. The van der Waals surface area contributed by atoms with E-state index in [0.717, 1.165) is 52.4 Å². The molecule has 7 nitrogen and oxygen atoms in total. The average Bonchev–Trinajstić information content (AvgIpc) is 3.08. The van der Waals surface area contributed by atoms with Gasteiger partial charge in [0.05, 0.1) is 6.61 Å². The third-order valence-corrected chi connectivity index (χ3v) is 4.94. The summed E-state index contributed by atoms with van der Waals surface area (Å²) in [6, 6.07) is 6.50. The van der Waals surface area contributed by atoms with Gasteiger partial charge in [-0.1, -0.05) is 0 Å². The van der Waals surface area contributed by atoms with E-state index in [1.165, 1.54) is 0 Å². The number of hydrogen-bond acceptors (Lipinski definition) is 5. The lowest BCUT2D eigenvalue weighted by atomic mass is 10.1. The summed E-state index contributed by atoms with van der Waals surface area (Å²) < 4.78 is 28.9. The molecule has 0 aliphatic carbocycles. The van der Waals surface area contributed by atoms with E-state index in [9.17, 15) is 13.6 Å². The van der Waals surface area contributed by atoms with Crippen molar-refractivity contribution in [1.29, 1.82) is 0 Å². The topological polar surface area (TPSA) is 84.9 Å². The molecule has 24 heavy (non-hydrogen) atoms. The van der Waals surface area contributed by atoms with Gasteiger partial charge in [0.25, 0.3) is 5.91 Å². The summed E-state index contributed by atoms with van der Waals surface area (Å²) in [5, 5.41) is 0. The number of amides is 1. The van der Waals surface area contributed by atoms with Crippen molar-refractivity contribution >= 4 is 22.9 Å². The Labute approximate surface area is 144 Å². The minimum Gasteiger partial charge on any atom is -0.755 e. The molecule has 0 saturated carbocycles. The lowest BCUT2D eigenvalue weighted by molar-refractivity contribution is 0.0611. The smallest absolute Gasteiger partial charge is 0.253 e. The summed E-state index contributed by atoms with van der Waals surface area (Å²) in [6.45, 7) is 5.98. The van der Waals surface area contributed by atoms with E-state index in [1.807, 2.05) is 4.90 Å². The number of carbonyl (C=O) groups is 1. The van der Waals surface area contributed by atoms with E-state index >= 15 is 0 Å². The fourth-order valence-electron chi connectivity index (χ4n) is 3.19. The first kappa shape index (κ1) is 17.3. The summed E-state index contributed by atoms with van der Waals surface area (Å²) in [7, 11) is 0. The van der Waals surface area contributed by atoms with Crippen LogP contribution in [-0.4, -0.2) is 70.4 Å². The van der Waals surface area contributed by atoms with Gasteiger partial charge in [-0.3, -0.25) is 13.9 Å². The van der Waals surface area contributed by atoms with E-state index < -0.39 is 11.3 Å². The van der Waals surface area contributed by atoms with Gasteiger partial charge in [0, 0.05) is 61.8 Å². The van der Waals surface area contributed by atoms with Gasteiger partial charge in [-0.2, -0.15) is 0 Å². The van der Waals surface area contributed by atoms with Gasteiger partial charge in [0.2, 0.25) is 0 Å². The Kier molecular flexibility index (Phi) is 5.83.